The van der Waals surface area contributed by atoms with Crippen LogP contribution < -0.4 is 5.32 Å². The second kappa shape index (κ2) is 4.44. The molecule has 1 aromatic rings. The van der Waals surface area contributed by atoms with Gasteiger partial charge in [0.2, 0.25) is 5.91 Å². The van der Waals surface area contributed by atoms with Crippen molar-refractivity contribution in [3.63, 3.8) is 0 Å². The van der Waals surface area contributed by atoms with E-state index < -0.39 is 5.54 Å². The molecule has 18 heavy (non-hydrogen) atoms. The molecule has 1 heterocycles. The van der Waals surface area contributed by atoms with Gasteiger partial charge >= 0.3 is 6.03 Å². The van der Waals surface area contributed by atoms with Gasteiger partial charge in [0.05, 0.1) is 5.92 Å². The number of nitrogens with one attached hydrogen (secondary N) is 1. The van der Waals surface area contributed by atoms with Gasteiger partial charge in [0.1, 0.15) is 0 Å². The standard InChI is InChI=1S/C14H18N2O2/c1-14(2,3)16-12(17)11(9-15-13(16)18)10-7-5-4-6-8-10/h4-8,11H,9H2,1-3H3,(H,15,18). The monoisotopic (exact) mass is 246 g/mol. The van der Waals surface area contributed by atoms with Crippen LogP contribution in [0.4, 0.5) is 4.79 Å². The molecule has 0 radical (unpaired) electrons. The van der Waals surface area contributed by atoms with E-state index in [1.807, 2.05) is 51.1 Å². The van der Waals surface area contributed by atoms with Gasteiger partial charge in [-0.15, -0.1) is 0 Å². The highest BCUT2D eigenvalue weighted by Gasteiger charge is 2.40. The van der Waals surface area contributed by atoms with Crippen molar-refractivity contribution in [3.05, 3.63) is 35.9 Å². The molecule has 0 spiro atoms. The van der Waals surface area contributed by atoms with Gasteiger partial charge in [0.15, 0.2) is 0 Å². The zero-order valence-electron chi connectivity index (χ0n) is 10.9. The van der Waals surface area contributed by atoms with Gasteiger partial charge in [-0.1, -0.05) is 30.3 Å². The lowest BCUT2D eigenvalue weighted by molar-refractivity contribution is -0.134. The van der Waals surface area contributed by atoms with Crippen LogP contribution in [-0.4, -0.2) is 28.9 Å². The van der Waals surface area contributed by atoms with E-state index >= 15 is 0 Å². The molecule has 0 saturated carbocycles. The van der Waals surface area contributed by atoms with Gasteiger partial charge in [-0.05, 0) is 26.3 Å². The summed E-state index contributed by atoms with van der Waals surface area (Å²) in [5.74, 6) is -0.416. The molecule has 0 aromatic heterocycles. The van der Waals surface area contributed by atoms with E-state index in [2.05, 4.69) is 5.32 Å². The highest BCUT2D eigenvalue weighted by molar-refractivity contribution is 6.01. The third-order valence-electron chi connectivity index (χ3n) is 3.05. The molecule has 96 valence electrons. The largest absolute Gasteiger partial charge is 0.336 e. The molecule has 1 N–H and O–H groups in total. The molecule has 1 aliphatic heterocycles. The normalized spacial score (nSPS) is 20.8. The van der Waals surface area contributed by atoms with Gasteiger partial charge in [0.25, 0.3) is 0 Å². The number of hydrogen-bond acceptors (Lipinski definition) is 2. The van der Waals surface area contributed by atoms with Crippen LogP contribution >= 0.6 is 0 Å². The molecule has 0 bridgehead atoms. The van der Waals surface area contributed by atoms with Crippen molar-refractivity contribution >= 4 is 11.9 Å². The number of amides is 3. The van der Waals surface area contributed by atoms with Gasteiger partial charge in [-0.25, -0.2) is 4.79 Å². The second-order valence-electron chi connectivity index (χ2n) is 5.49. The maximum atomic E-state index is 12.4. The van der Waals surface area contributed by atoms with Gasteiger partial charge < -0.3 is 5.32 Å². The number of carbonyl (C=O) groups is 2. The molecule has 2 rings (SSSR count). The fourth-order valence-electron chi connectivity index (χ4n) is 2.19. The highest BCUT2D eigenvalue weighted by Crippen LogP contribution is 2.26. The first-order valence-corrected chi connectivity index (χ1v) is 6.08. The number of nitrogens with zero attached hydrogens (tertiary/aromatic N) is 1. The first-order valence-electron chi connectivity index (χ1n) is 6.08. The van der Waals surface area contributed by atoms with Crippen molar-refractivity contribution in [2.75, 3.05) is 6.54 Å². The quantitative estimate of drug-likeness (QED) is 0.825. The van der Waals surface area contributed by atoms with Crippen LogP contribution in [0, 0.1) is 0 Å². The lowest BCUT2D eigenvalue weighted by Crippen LogP contribution is -2.60. The second-order valence-corrected chi connectivity index (χ2v) is 5.49. The Kier molecular flexibility index (Phi) is 3.11. The molecule has 4 heteroatoms. The van der Waals surface area contributed by atoms with Crippen LogP contribution in [0.25, 0.3) is 0 Å². The van der Waals surface area contributed by atoms with Crippen molar-refractivity contribution in [1.29, 1.82) is 0 Å². The molecule has 0 aliphatic carbocycles. The lowest BCUT2D eigenvalue weighted by atomic mass is 9.93. The van der Waals surface area contributed by atoms with Crippen LogP contribution in [0.15, 0.2) is 30.3 Å². The molecule has 1 atom stereocenters. The molecular weight excluding hydrogens is 228 g/mol. The van der Waals surface area contributed by atoms with E-state index in [4.69, 9.17) is 0 Å². The number of benzene rings is 1. The Hall–Kier alpha value is -1.84. The zero-order valence-corrected chi connectivity index (χ0v) is 10.9. The van der Waals surface area contributed by atoms with Gasteiger partial charge in [-0.2, -0.15) is 0 Å². The summed E-state index contributed by atoms with van der Waals surface area (Å²) in [5, 5.41) is 2.78. The van der Waals surface area contributed by atoms with Crippen LogP contribution in [0.5, 0.6) is 0 Å². The fourth-order valence-corrected chi connectivity index (χ4v) is 2.19. The summed E-state index contributed by atoms with van der Waals surface area (Å²) >= 11 is 0. The maximum absolute atomic E-state index is 12.4. The van der Waals surface area contributed by atoms with Crippen molar-refractivity contribution in [2.45, 2.75) is 32.2 Å². The Morgan fingerprint density at radius 1 is 1.17 bits per heavy atom. The number of imide groups is 1. The Bertz CT molecular complexity index is 462. The van der Waals surface area contributed by atoms with E-state index in [1.54, 1.807) is 0 Å². The first-order chi connectivity index (χ1) is 8.41. The Balaban J connectivity index is 2.32. The first kappa shape index (κ1) is 12.6. The zero-order chi connectivity index (χ0) is 13.3. The van der Waals surface area contributed by atoms with Crippen molar-refractivity contribution in [1.82, 2.24) is 10.2 Å². The van der Waals surface area contributed by atoms with Gasteiger partial charge in [0, 0.05) is 12.1 Å². The molecule has 4 nitrogen and oxygen atoms in total. The smallest absolute Gasteiger partial charge is 0.324 e. The molecule has 1 fully saturated rings. The third kappa shape index (κ3) is 2.23. The van der Waals surface area contributed by atoms with Gasteiger partial charge in [-0.3, -0.25) is 9.69 Å². The number of carbonyl (C=O) groups excluding carboxylic acids is 2. The summed E-state index contributed by atoms with van der Waals surface area (Å²) in [6.07, 6.45) is 0. The van der Waals surface area contributed by atoms with Crippen molar-refractivity contribution in [2.24, 2.45) is 0 Å². The predicted molar refractivity (Wildman–Crippen MR) is 69.2 cm³/mol. The average molecular weight is 246 g/mol. The minimum atomic E-state index is -0.505. The summed E-state index contributed by atoms with van der Waals surface area (Å²) in [4.78, 5) is 25.6. The average Bonchev–Trinajstić information content (AvgIpc) is 2.28. The molecule has 1 saturated heterocycles. The molecule has 3 amide bonds. The van der Waals surface area contributed by atoms with Crippen molar-refractivity contribution < 1.29 is 9.59 Å². The number of rotatable bonds is 1. The van der Waals surface area contributed by atoms with Crippen LogP contribution in [0.2, 0.25) is 0 Å². The Morgan fingerprint density at radius 3 is 2.33 bits per heavy atom. The SMILES string of the molecule is CC(C)(C)N1C(=O)NCC(c2ccccc2)C1=O. The summed E-state index contributed by atoms with van der Waals surface area (Å²) in [6, 6.07) is 9.25. The summed E-state index contributed by atoms with van der Waals surface area (Å²) < 4.78 is 0. The highest BCUT2D eigenvalue weighted by atomic mass is 16.2. The summed E-state index contributed by atoms with van der Waals surface area (Å²) in [5.41, 5.74) is 0.436. The summed E-state index contributed by atoms with van der Waals surface area (Å²) in [7, 11) is 0. The van der Waals surface area contributed by atoms with E-state index in [0.717, 1.165) is 5.56 Å². The minimum absolute atomic E-state index is 0.127. The maximum Gasteiger partial charge on any atom is 0.324 e. The summed E-state index contributed by atoms with van der Waals surface area (Å²) in [6.45, 7) is 5.95. The van der Waals surface area contributed by atoms with E-state index in [0.29, 0.717) is 6.54 Å². The van der Waals surface area contributed by atoms with E-state index in [-0.39, 0.29) is 17.9 Å². The Morgan fingerprint density at radius 2 is 1.78 bits per heavy atom. The number of hydrogen-bond donors (Lipinski definition) is 1. The third-order valence-corrected chi connectivity index (χ3v) is 3.05. The lowest BCUT2D eigenvalue weighted by Gasteiger charge is -2.39. The topological polar surface area (TPSA) is 49.4 Å². The molecule has 1 unspecified atom stereocenters. The van der Waals surface area contributed by atoms with Crippen LogP contribution in [0.1, 0.15) is 32.3 Å². The van der Waals surface area contributed by atoms with Crippen LogP contribution in [0.3, 0.4) is 0 Å². The molecular formula is C14H18N2O2. The van der Waals surface area contributed by atoms with E-state index in [9.17, 15) is 9.59 Å². The predicted octanol–water partition coefficient (Wildman–Crippen LogP) is 2.12. The van der Waals surface area contributed by atoms with Crippen LogP contribution in [-0.2, 0) is 4.79 Å². The molecule has 1 aliphatic rings. The Labute approximate surface area is 107 Å². The minimum Gasteiger partial charge on any atom is -0.336 e. The fraction of sp³-hybridized carbons (Fsp3) is 0.429. The van der Waals surface area contributed by atoms with E-state index in [1.165, 1.54) is 4.90 Å². The molecule has 1 aromatic carbocycles. The van der Waals surface area contributed by atoms with Crippen molar-refractivity contribution in [3.8, 4) is 0 Å². The number of urea groups is 1.